The van der Waals surface area contributed by atoms with Crippen molar-refractivity contribution in [1.82, 2.24) is 5.32 Å². The maximum absolute atomic E-state index is 12.5. The van der Waals surface area contributed by atoms with E-state index in [1.54, 1.807) is 25.9 Å². The zero-order valence-electron chi connectivity index (χ0n) is 13.1. The van der Waals surface area contributed by atoms with Gasteiger partial charge in [0.15, 0.2) is 5.54 Å². The highest BCUT2D eigenvalue weighted by Gasteiger charge is 2.40. The Labute approximate surface area is 131 Å². The lowest BCUT2D eigenvalue weighted by Crippen LogP contribution is -2.50. The highest BCUT2D eigenvalue weighted by molar-refractivity contribution is 7.99. The van der Waals surface area contributed by atoms with Crippen LogP contribution in [0.15, 0.2) is 30.3 Å². The summed E-state index contributed by atoms with van der Waals surface area (Å²) in [6.07, 6.45) is 0.971. The van der Waals surface area contributed by atoms with Crippen molar-refractivity contribution >= 4 is 17.7 Å². The molecule has 1 aromatic carbocycles. The van der Waals surface area contributed by atoms with Gasteiger partial charge in [-0.15, -0.1) is 0 Å². The largest absolute Gasteiger partial charge is 0.464 e. The molecule has 0 fully saturated rings. The van der Waals surface area contributed by atoms with E-state index in [0.29, 0.717) is 12.4 Å². The molecule has 1 unspecified atom stereocenters. The third kappa shape index (κ3) is 5.02. The molecule has 0 bridgehead atoms. The molecule has 1 aromatic rings. The number of likely N-dealkylation sites (N-methyl/N-ethyl adjacent to an activating group) is 1. The minimum atomic E-state index is -0.797. The molecule has 0 spiro atoms. The second-order valence-corrected chi connectivity index (χ2v) is 5.75. The van der Waals surface area contributed by atoms with E-state index < -0.39 is 5.54 Å². The van der Waals surface area contributed by atoms with Crippen molar-refractivity contribution in [2.75, 3.05) is 38.9 Å². The average Bonchev–Trinajstić information content (AvgIpc) is 2.52. The Hall–Kier alpha value is -1.04. The molecule has 118 valence electrons. The third-order valence-electron chi connectivity index (χ3n) is 3.27. The molecule has 0 aliphatic carbocycles. The maximum atomic E-state index is 12.5. The maximum Gasteiger partial charge on any atom is 0.331 e. The number of carbonyl (C=O) groups is 1. The zero-order valence-corrected chi connectivity index (χ0v) is 13.9. The minimum Gasteiger partial charge on any atom is -0.464 e. The summed E-state index contributed by atoms with van der Waals surface area (Å²) in [5, 5.41) is 3.18. The van der Waals surface area contributed by atoms with Crippen LogP contribution in [-0.2, 0) is 19.8 Å². The summed E-state index contributed by atoms with van der Waals surface area (Å²) in [4.78, 5) is 12.5. The number of thioether (sulfide) groups is 1. The summed E-state index contributed by atoms with van der Waals surface area (Å²) >= 11 is 1.73. The molecular formula is C16H25NO3S. The molecule has 0 saturated carbocycles. The summed E-state index contributed by atoms with van der Waals surface area (Å²) < 4.78 is 10.3. The first kappa shape index (κ1) is 18.0. The van der Waals surface area contributed by atoms with Crippen LogP contribution in [-0.4, -0.2) is 44.8 Å². The molecule has 0 aromatic heterocycles. The number of esters is 1. The fourth-order valence-corrected chi connectivity index (χ4v) is 3.29. The van der Waals surface area contributed by atoms with Crippen molar-refractivity contribution in [2.24, 2.45) is 0 Å². The molecule has 1 rings (SSSR count). The molecule has 0 aliphatic heterocycles. The number of nitrogens with one attached hydrogen (secondary N) is 1. The fraction of sp³-hybridized carbons (Fsp3) is 0.562. The molecule has 0 radical (unpaired) electrons. The minimum absolute atomic E-state index is 0.224. The lowest BCUT2D eigenvalue weighted by molar-refractivity contribution is -0.150. The van der Waals surface area contributed by atoms with Gasteiger partial charge in [0.2, 0.25) is 0 Å². The van der Waals surface area contributed by atoms with E-state index in [4.69, 9.17) is 9.47 Å². The number of methoxy groups -OCH3 is 1. The Balaban J connectivity index is 2.85. The second kappa shape index (κ2) is 9.82. The van der Waals surface area contributed by atoms with Crippen LogP contribution in [0.5, 0.6) is 0 Å². The number of ether oxygens (including phenoxy) is 2. The van der Waals surface area contributed by atoms with Crippen molar-refractivity contribution in [2.45, 2.75) is 18.9 Å². The normalized spacial score (nSPS) is 13.7. The van der Waals surface area contributed by atoms with Crippen LogP contribution >= 0.6 is 11.8 Å². The Morgan fingerprint density at radius 2 is 2.05 bits per heavy atom. The van der Waals surface area contributed by atoms with E-state index in [2.05, 4.69) is 5.32 Å². The van der Waals surface area contributed by atoms with Crippen molar-refractivity contribution < 1.29 is 14.3 Å². The van der Waals surface area contributed by atoms with E-state index in [-0.39, 0.29) is 5.97 Å². The van der Waals surface area contributed by atoms with Gasteiger partial charge in [-0.05, 0) is 31.7 Å². The lowest BCUT2D eigenvalue weighted by Gasteiger charge is -2.31. The van der Waals surface area contributed by atoms with Gasteiger partial charge in [0, 0.05) is 19.5 Å². The second-order valence-electron chi connectivity index (χ2n) is 4.64. The van der Waals surface area contributed by atoms with Crippen LogP contribution in [0.3, 0.4) is 0 Å². The van der Waals surface area contributed by atoms with E-state index in [0.717, 1.165) is 24.3 Å². The SMILES string of the molecule is CCOC(=O)C(CSCCCOC)(NC)c1ccccc1. The van der Waals surface area contributed by atoms with Crippen molar-refractivity contribution in [1.29, 1.82) is 0 Å². The first-order valence-corrected chi connectivity index (χ1v) is 8.35. The summed E-state index contributed by atoms with van der Waals surface area (Å²) in [5.41, 5.74) is 0.139. The first-order chi connectivity index (χ1) is 10.2. The van der Waals surface area contributed by atoms with Crippen LogP contribution < -0.4 is 5.32 Å². The Morgan fingerprint density at radius 1 is 1.33 bits per heavy atom. The van der Waals surface area contributed by atoms with Gasteiger partial charge < -0.3 is 14.8 Å². The highest BCUT2D eigenvalue weighted by atomic mass is 32.2. The quantitative estimate of drug-likeness (QED) is 0.531. The molecule has 0 amide bonds. The fourth-order valence-electron chi connectivity index (χ4n) is 2.09. The molecule has 4 nitrogen and oxygen atoms in total. The van der Waals surface area contributed by atoms with Crippen LogP contribution in [0.25, 0.3) is 0 Å². The van der Waals surface area contributed by atoms with Crippen molar-refractivity contribution in [3.63, 3.8) is 0 Å². The number of benzene rings is 1. The Morgan fingerprint density at radius 3 is 2.62 bits per heavy atom. The topological polar surface area (TPSA) is 47.6 Å². The van der Waals surface area contributed by atoms with Gasteiger partial charge in [0.05, 0.1) is 6.61 Å². The molecule has 5 heteroatoms. The molecule has 1 atom stereocenters. The highest BCUT2D eigenvalue weighted by Crippen LogP contribution is 2.27. The van der Waals surface area contributed by atoms with Gasteiger partial charge >= 0.3 is 5.97 Å². The van der Waals surface area contributed by atoms with E-state index in [1.165, 1.54) is 0 Å². The zero-order chi connectivity index (χ0) is 15.6. The van der Waals surface area contributed by atoms with Gasteiger partial charge in [-0.3, -0.25) is 0 Å². The lowest BCUT2D eigenvalue weighted by atomic mass is 9.92. The number of rotatable bonds is 10. The van der Waals surface area contributed by atoms with Gasteiger partial charge in [0.25, 0.3) is 0 Å². The summed E-state index contributed by atoms with van der Waals surface area (Å²) in [6.45, 7) is 2.95. The van der Waals surface area contributed by atoms with Crippen LogP contribution in [0, 0.1) is 0 Å². The Kier molecular flexibility index (Phi) is 8.42. The van der Waals surface area contributed by atoms with Gasteiger partial charge in [-0.1, -0.05) is 30.3 Å². The summed E-state index contributed by atoms with van der Waals surface area (Å²) in [5.74, 6) is 1.36. The molecule has 21 heavy (non-hydrogen) atoms. The molecule has 0 aliphatic rings. The average molecular weight is 311 g/mol. The smallest absolute Gasteiger partial charge is 0.331 e. The van der Waals surface area contributed by atoms with Gasteiger partial charge in [-0.2, -0.15) is 11.8 Å². The van der Waals surface area contributed by atoms with Gasteiger partial charge in [-0.25, -0.2) is 4.79 Å². The van der Waals surface area contributed by atoms with Crippen molar-refractivity contribution in [3.8, 4) is 0 Å². The molecule has 1 N–H and O–H groups in total. The van der Waals surface area contributed by atoms with E-state index >= 15 is 0 Å². The van der Waals surface area contributed by atoms with E-state index in [1.807, 2.05) is 37.3 Å². The number of carbonyl (C=O) groups excluding carboxylic acids is 1. The third-order valence-corrected chi connectivity index (χ3v) is 4.49. The van der Waals surface area contributed by atoms with Crippen LogP contribution in [0.4, 0.5) is 0 Å². The molecular weight excluding hydrogens is 286 g/mol. The monoisotopic (exact) mass is 311 g/mol. The molecule has 0 heterocycles. The number of hydrogen-bond donors (Lipinski definition) is 1. The standard InChI is InChI=1S/C16H25NO3S/c1-4-20-15(18)16(17-2,13-21-12-8-11-19-3)14-9-6-5-7-10-14/h5-7,9-10,17H,4,8,11-13H2,1-3H3. The summed E-state index contributed by atoms with van der Waals surface area (Å²) in [7, 11) is 3.50. The van der Waals surface area contributed by atoms with Crippen LogP contribution in [0.2, 0.25) is 0 Å². The van der Waals surface area contributed by atoms with Gasteiger partial charge in [0.1, 0.15) is 0 Å². The Bertz CT molecular complexity index is 413. The first-order valence-electron chi connectivity index (χ1n) is 7.19. The predicted octanol–water partition coefficient (Wildman–Crippen LogP) is 2.43. The molecule has 0 saturated heterocycles. The van der Waals surface area contributed by atoms with Crippen LogP contribution in [0.1, 0.15) is 18.9 Å². The predicted molar refractivity (Wildman–Crippen MR) is 87.6 cm³/mol. The van der Waals surface area contributed by atoms with E-state index in [9.17, 15) is 4.79 Å². The van der Waals surface area contributed by atoms with Crippen molar-refractivity contribution in [3.05, 3.63) is 35.9 Å². The summed E-state index contributed by atoms with van der Waals surface area (Å²) in [6, 6.07) is 9.75. The number of hydrogen-bond acceptors (Lipinski definition) is 5.